The normalized spacial score (nSPS) is 19.1. The molecule has 4 heteroatoms. The highest BCUT2D eigenvalue weighted by Gasteiger charge is 2.39. The molecule has 1 heterocycles. The summed E-state index contributed by atoms with van der Waals surface area (Å²) in [7, 11) is 0. The number of hydrogen-bond donors (Lipinski definition) is 1. The zero-order valence-electron chi connectivity index (χ0n) is 15.8. The molecule has 0 fully saturated rings. The zero-order valence-corrected chi connectivity index (χ0v) is 15.8. The molecule has 1 aliphatic heterocycles. The number of nitrogens with zero attached hydrogens (tertiary/aromatic N) is 2. The third-order valence-corrected chi connectivity index (χ3v) is 4.91. The summed E-state index contributed by atoms with van der Waals surface area (Å²) >= 11 is 0. The number of nitrogens with one attached hydrogen (secondary N) is 1. The van der Waals surface area contributed by atoms with Crippen LogP contribution in [0, 0.1) is 11.3 Å². The van der Waals surface area contributed by atoms with Gasteiger partial charge in [-0.15, -0.1) is 0 Å². The third-order valence-electron chi connectivity index (χ3n) is 4.91. The molecule has 1 N–H and O–H groups in total. The second kappa shape index (κ2) is 7.59. The average molecular weight is 357 g/mol. The summed E-state index contributed by atoms with van der Waals surface area (Å²) in [6.07, 6.45) is 5.50. The second-order valence-electron chi connectivity index (χ2n) is 7.30. The number of carbonyl (C=O) groups is 1. The van der Waals surface area contributed by atoms with Crippen molar-refractivity contribution in [3.8, 4) is 6.07 Å². The molecule has 4 nitrogen and oxygen atoms in total. The van der Waals surface area contributed by atoms with E-state index in [0.717, 1.165) is 11.3 Å². The molecule has 27 heavy (non-hydrogen) atoms. The fraction of sp³-hybridized carbons (Fsp3) is 0.261. The van der Waals surface area contributed by atoms with Gasteiger partial charge in [0.1, 0.15) is 0 Å². The smallest absolute Gasteiger partial charge is 0.234 e. The molecule has 1 amide bonds. The van der Waals surface area contributed by atoms with E-state index in [2.05, 4.69) is 30.2 Å². The van der Waals surface area contributed by atoms with Crippen molar-refractivity contribution in [3.63, 3.8) is 0 Å². The predicted molar refractivity (Wildman–Crippen MR) is 109 cm³/mol. The summed E-state index contributed by atoms with van der Waals surface area (Å²) in [4.78, 5) is 17.7. The lowest BCUT2D eigenvalue weighted by Gasteiger charge is -2.29. The average Bonchev–Trinajstić information content (AvgIpc) is 3.09. The molecule has 2 atom stereocenters. The SMILES string of the molecule is CC(C)c1ccc(NC(=O)C(c2cccc(C#N)c2)C2(C)C=CC=N2)cc1. The lowest BCUT2D eigenvalue weighted by molar-refractivity contribution is -0.118. The molecule has 1 aliphatic rings. The number of aliphatic imine (C=N–C) groups is 1. The van der Waals surface area contributed by atoms with Crippen molar-refractivity contribution in [2.24, 2.45) is 4.99 Å². The fourth-order valence-electron chi connectivity index (χ4n) is 3.36. The highest BCUT2D eigenvalue weighted by atomic mass is 16.2. The molecule has 0 saturated carbocycles. The Morgan fingerprint density at radius 1 is 1.15 bits per heavy atom. The summed E-state index contributed by atoms with van der Waals surface area (Å²) in [5.41, 5.74) is 2.59. The highest BCUT2D eigenvalue weighted by molar-refractivity contribution is 5.98. The first-order chi connectivity index (χ1) is 12.9. The van der Waals surface area contributed by atoms with Crippen LogP contribution in [-0.4, -0.2) is 17.7 Å². The number of amides is 1. The van der Waals surface area contributed by atoms with Crippen molar-refractivity contribution in [1.82, 2.24) is 0 Å². The topological polar surface area (TPSA) is 65.2 Å². The first kappa shape index (κ1) is 18.6. The van der Waals surface area contributed by atoms with Gasteiger partial charge in [0.2, 0.25) is 5.91 Å². The van der Waals surface area contributed by atoms with E-state index in [1.807, 2.05) is 49.4 Å². The highest BCUT2D eigenvalue weighted by Crippen LogP contribution is 2.36. The largest absolute Gasteiger partial charge is 0.325 e. The quantitative estimate of drug-likeness (QED) is 0.835. The number of nitriles is 1. The molecule has 0 radical (unpaired) electrons. The number of carbonyl (C=O) groups excluding carboxylic acids is 1. The Morgan fingerprint density at radius 3 is 2.48 bits per heavy atom. The molecule has 0 saturated heterocycles. The predicted octanol–water partition coefficient (Wildman–Crippen LogP) is 4.80. The van der Waals surface area contributed by atoms with Crippen LogP contribution < -0.4 is 5.32 Å². The van der Waals surface area contributed by atoms with Crippen LogP contribution in [0.15, 0.2) is 65.7 Å². The van der Waals surface area contributed by atoms with Crippen LogP contribution in [0.4, 0.5) is 5.69 Å². The van der Waals surface area contributed by atoms with E-state index in [0.29, 0.717) is 11.5 Å². The Bertz CT molecular complexity index is 921. The van der Waals surface area contributed by atoms with Gasteiger partial charge in [-0.05, 0) is 54.3 Å². The van der Waals surface area contributed by atoms with Crippen LogP contribution in [-0.2, 0) is 4.79 Å². The lowest BCUT2D eigenvalue weighted by Crippen LogP contribution is -2.37. The Labute approximate surface area is 160 Å². The van der Waals surface area contributed by atoms with Crippen molar-refractivity contribution in [2.45, 2.75) is 38.1 Å². The van der Waals surface area contributed by atoms with Crippen LogP contribution in [0.3, 0.4) is 0 Å². The fourth-order valence-corrected chi connectivity index (χ4v) is 3.36. The Balaban J connectivity index is 1.93. The van der Waals surface area contributed by atoms with Crippen molar-refractivity contribution < 1.29 is 4.79 Å². The summed E-state index contributed by atoms with van der Waals surface area (Å²) in [6, 6.07) is 17.2. The number of anilines is 1. The molecule has 2 unspecified atom stereocenters. The summed E-state index contributed by atoms with van der Waals surface area (Å²) in [5.74, 6) is -0.243. The minimum atomic E-state index is -0.684. The maximum Gasteiger partial charge on any atom is 0.234 e. The van der Waals surface area contributed by atoms with Crippen LogP contribution >= 0.6 is 0 Å². The van der Waals surface area contributed by atoms with Crippen LogP contribution in [0.25, 0.3) is 0 Å². The minimum absolute atomic E-state index is 0.145. The second-order valence-corrected chi connectivity index (χ2v) is 7.30. The number of allylic oxidation sites excluding steroid dienone is 1. The number of benzene rings is 2. The summed E-state index contributed by atoms with van der Waals surface area (Å²) in [6.45, 7) is 6.20. The molecule has 136 valence electrons. The van der Waals surface area contributed by atoms with Gasteiger partial charge in [0.25, 0.3) is 0 Å². The van der Waals surface area contributed by atoms with Gasteiger partial charge in [-0.25, -0.2) is 0 Å². The maximum atomic E-state index is 13.2. The molecule has 0 aliphatic carbocycles. The third kappa shape index (κ3) is 3.98. The van der Waals surface area contributed by atoms with Crippen LogP contribution in [0.2, 0.25) is 0 Å². The van der Waals surface area contributed by atoms with E-state index in [1.165, 1.54) is 5.56 Å². The molecular formula is C23H23N3O. The van der Waals surface area contributed by atoms with Crippen LogP contribution in [0.1, 0.15) is 49.3 Å². The Morgan fingerprint density at radius 2 is 1.89 bits per heavy atom. The first-order valence-corrected chi connectivity index (χ1v) is 9.07. The minimum Gasteiger partial charge on any atom is -0.325 e. The monoisotopic (exact) mass is 357 g/mol. The molecule has 0 aromatic heterocycles. The molecule has 2 aromatic rings. The summed E-state index contributed by atoms with van der Waals surface area (Å²) < 4.78 is 0. The molecule has 3 rings (SSSR count). The molecular weight excluding hydrogens is 334 g/mol. The zero-order chi connectivity index (χ0) is 19.4. The van der Waals surface area contributed by atoms with Gasteiger partial charge in [-0.3, -0.25) is 9.79 Å². The van der Waals surface area contributed by atoms with Gasteiger partial charge in [0, 0.05) is 11.9 Å². The molecule has 0 bridgehead atoms. The van der Waals surface area contributed by atoms with E-state index < -0.39 is 11.5 Å². The number of rotatable bonds is 5. The van der Waals surface area contributed by atoms with Crippen molar-refractivity contribution in [1.29, 1.82) is 5.26 Å². The molecule has 2 aromatic carbocycles. The van der Waals surface area contributed by atoms with Gasteiger partial charge in [-0.2, -0.15) is 5.26 Å². The van der Waals surface area contributed by atoms with Crippen molar-refractivity contribution in [2.75, 3.05) is 5.32 Å². The van der Waals surface area contributed by atoms with Gasteiger partial charge in [0.05, 0.1) is 23.1 Å². The summed E-state index contributed by atoms with van der Waals surface area (Å²) in [5, 5.41) is 12.2. The molecule has 0 spiro atoms. The standard InChI is InChI=1S/C23H23N3O/c1-16(2)18-8-10-20(11-9-18)26-22(27)21(23(3)12-5-13-25-23)19-7-4-6-17(14-19)15-24/h4-14,16,21H,1-3H3,(H,26,27). The van der Waals surface area contributed by atoms with Gasteiger partial charge < -0.3 is 5.32 Å². The van der Waals surface area contributed by atoms with Gasteiger partial charge in [-0.1, -0.05) is 44.2 Å². The number of hydrogen-bond acceptors (Lipinski definition) is 3. The van der Waals surface area contributed by atoms with E-state index in [9.17, 15) is 10.1 Å². The maximum absolute atomic E-state index is 13.2. The van der Waals surface area contributed by atoms with Crippen molar-refractivity contribution in [3.05, 3.63) is 77.4 Å². The van der Waals surface area contributed by atoms with E-state index in [1.54, 1.807) is 24.4 Å². The lowest BCUT2D eigenvalue weighted by atomic mass is 9.80. The Kier molecular flexibility index (Phi) is 5.23. The Hall–Kier alpha value is -3.19. The van der Waals surface area contributed by atoms with E-state index >= 15 is 0 Å². The van der Waals surface area contributed by atoms with Crippen LogP contribution in [0.5, 0.6) is 0 Å². The van der Waals surface area contributed by atoms with E-state index in [-0.39, 0.29) is 5.91 Å². The van der Waals surface area contributed by atoms with Gasteiger partial charge >= 0.3 is 0 Å². The van der Waals surface area contributed by atoms with E-state index in [4.69, 9.17) is 0 Å². The first-order valence-electron chi connectivity index (χ1n) is 9.07. The van der Waals surface area contributed by atoms with Gasteiger partial charge in [0.15, 0.2) is 0 Å². The van der Waals surface area contributed by atoms with Crippen molar-refractivity contribution >= 4 is 17.8 Å².